The van der Waals surface area contributed by atoms with Gasteiger partial charge in [-0.15, -0.1) is 0 Å². The molecule has 7 rings (SSSR count). The summed E-state index contributed by atoms with van der Waals surface area (Å²) in [7, 11) is 0. The van der Waals surface area contributed by atoms with E-state index in [4.69, 9.17) is 21.6 Å². The highest BCUT2D eigenvalue weighted by Gasteiger charge is 2.40. The molecule has 4 nitrogen and oxygen atoms in total. The molecular weight excluding hydrogens is 605 g/mol. The van der Waals surface area contributed by atoms with Crippen LogP contribution in [0.1, 0.15) is 43.5 Å². The van der Waals surface area contributed by atoms with Gasteiger partial charge in [0.25, 0.3) is 0 Å². The smallest absolute Gasteiger partial charge is 0.224 e. The first kappa shape index (κ1) is 29.8. The molecule has 1 fully saturated rings. The SMILES string of the molecule is Fc1ccc(-c2cc(-c3ccccc3)cc(C3(c4cc(-c5ccccc5)cc(-c5ccc(Cl)nc5F)n4)CCCCC3)n2)c(F)n1. The van der Waals surface area contributed by atoms with E-state index in [1.165, 1.54) is 6.07 Å². The number of rotatable bonds is 6. The third-order valence-electron chi connectivity index (χ3n) is 8.73. The molecule has 1 aliphatic carbocycles. The van der Waals surface area contributed by atoms with Gasteiger partial charge in [0.15, 0.2) is 0 Å². The van der Waals surface area contributed by atoms with E-state index < -0.39 is 23.3 Å². The molecule has 228 valence electrons. The van der Waals surface area contributed by atoms with Gasteiger partial charge in [0, 0.05) is 0 Å². The first-order chi connectivity index (χ1) is 22.4. The Morgan fingerprint density at radius 1 is 0.500 bits per heavy atom. The highest BCUT2D eigenvalue weighted by molar-refractivity contribution is 6.29. The van der Waals surface area contributed by atoms with Crippen molar-refractivity contribution in [2.75, 3.05) is 0 Å². The molecule has 46 heavy (non-hydrogen) atoms. The van der Waals surface area contributed by atoms with Gasteiger partial charge in [-0.3, -0.25) is 9.97 Å². The number of nitrogens with zero attached hydrogens (tertiary/aromatic N) is 4. The van der Waals surface area contributed by atoms with E-state index in [1.807, 2.05) is 72.8 Å². The normalized spacial score (nSPS) is 14.3. The van der Waals surface area contributed by atoms with Crippen molar-refractivity contribution in [3.8, 4) is 44.8 Å². The standard InChI is InChI=1S/C38H28ClF3N4/c39-34-16-14-28(36(41)45-34)30-20-26(24-10-4-1-5-11-24)22-32(43-30)38(18-8-3-9-19-38)33-23-27(25-12-6-2-7-13-25)21-31(44-33)29-15-17-35(40)46-37(29)42/h1-2,4-7,10-17,20-23H,3,8-9,18-19H2. The van der Waals surface area contributed by atoms with E-state index in [-0.39, 0.29) is 16.3 Å². The van der Waals surface area contributed by atoms with Crippen LogP contribution in [0.2, 0.25) is 5.15 Å². The Balaban J connectivity index is 1.50. The fourth-order valence-corrected chi connectivity index (χ4v) is 6.56. The van der Waals surface area contributed by atoms with Crippen LogP contribution in [-0.2, 0) is 5.41 Å². The van der Waals surface area contributed by atoms with Gasteiger partial charge < -0.3 is 0 Å². The number of hydrogen-bond acceptors (Lipinski definition) is 4. The topological polar surface area (TPSA) is 51.6 Å². The summed E-state index contributed by atoms with van der Waals surface area (Å²) in [6, 6.07) is 33.1. The van der Waals surface area contributed by atoms with Crippen LogP contribution in [-0.4, -0.2) is 19.9 Å². The molecule has 0 aliphatic heterocycles. The van der Waals surface area contributed by atoms with E-state index in [0.717, 1.165) is 66.1 Å². The minimum atomic E-state index is -0.932. The quantitative estimate of drug-likeness (QED) is 0.171. The summed E-state index contributed by atoms with van der Waals surface area (Å²) >= 11 is 6.01. The third-order valence-corrected chi connectivity index (χ3v) is 8.94. The van der Waals surface area contributed by atoms with Gasteiger partial charge in [0.2, 0.25) is 17.8 Å². The van der Waals surface area contributed by atoms with Crippen molar-refractivity contribution in [3.05, 3.63) is 144 Å². The first-order valence-electron chi connectivity index (χ1n) is 15.2. The van der Waals surface area contributed by atoms with Crippen LogP contribution >= 0.6 is 11.6 Å². The number of benzene rings is 2. The van der Waals surface area contributed by atoms with Crippen LogP contribution in [0.4, 0.5) is 13.2 Å². The average Bonchev–Trinajstić information content (AvgIpc) is 3.09. The molecule has 0 radical (unpaired) electrons. The zero-order chi connectivity index (χ0) is 31.7. The second-order valence-corrected chi connectivity index (χ2v) is 12.0. The van der Waals surface area contributed by atoms with Gasteiger partial charge >= 0.3 is 0 Å². The van der Waals surface area contributed by atoms with E-state index in [0.29, 0.717) is 17.1 Å². The van der Waals surface area contributed by atoms with Crippen molar-refractivity contribution in [3.63, 3.8) is 0 Å². The Morgan fingerprint density at radius 3 is 1.50 bits per heavy atom. The van der Waals surface area contributed by atoms with Crippen LogP contribution < -0.4 is 0 Å². The molecule has 2 aromatic carbocycles. The van der Waals surface area contributed by atoms with E-state index in [2.05, 4.69) is 16.0 Å². The summed E-state index contributed by atoms with van der Waals surface area (Å²) in [4.78, 5) is 17.5. The maximum atomic E-state index is 15.3. The number of pyridine rings is 4. The Morgan fingerprint density at radius 2 is 1.00 bits per heavy atom. The molecule has 6 aromatic rings. The lowest BCUT2D eigenvalue weighted by Gasteiger charge is -2.37. The van der Waals surface area contributed by atoms with Crippen molar-refractivity contribution in [2.45, 2.75) is 37.5 Å². The Bertz CT molecular complexity index is 1890. The second-order valence-electron chi connectivity index (χ2n) is 11.6. The van der Waals surface area contributed by atoms with Gasteiger partial charge in [0.1, 0.15) is 5.15 Å². The summed E-state index contributed by atoms with van der Waals surface area (Å²) in [6.07, 6.45) is 4.34. The zero-order valence-corrected chi connectivity index (χ0v) is 25.5. The first-order valence-corrected chi connectivity index (χ1v) is 15.6. The van der Waals surface area contributed by atoms with Crippen LogP contribution in [0.25, 0.3) is 44.8 Å². The van der Waals surface area contributed by atoms with Gasteiger partial charge in [0.05, 0.1) is 39.3 Å². The highest BCUT2D eigenvalue weighted by Crippen LogP contribution is 2.46. The largest absolute Gasteiger partial charge is 0.252 e. The zero-order valence-electron chi connectivity index (χ0n) is 24.7. The molecule has 0 saturated heterocycles. The predicted molar refractivity (Wildman–Crippen MR) is 175 cm³/mol. The molecule has 0 atom stereocenters. The van der Waals surface area contributed by atoms with E-state index in [1.54, 1.807) is 18.2 Å². The van der Waals surface area contributed by atoms with Gasteiger partial charge in [-0.1, -0.05) is 91.5 Å². The molecular formula is C38H28ClF3N4. The van der Waals surface area contributed by atoms with Crippen molar-refractivity contribution >= 4 is 11.6 Å². The van der Waals surface area contributed by atoms with Crippen LogP contribution in [0, 0.1) is 17.8 Å². The molecule has 0 N–H and O–H groups in total. The van der Waals surface area contributed by atoms with Crippen LogP contribution in [0.5, 0.6) is 0 Å². The van der Waals surface area contributed by atoms with Gasteiger partial charge in [-0.05, 0) is 83.6 Å². The molecule has 1 saturated carbocycles. The lowest BCUT2D eigenvalue weighted by molar-refractivity contribution is 0.332. The minimum Gasteiger partial charge on any atom is -0.252 e. The summed E-state index contributed by atoms with van der Waals surface area (Å²) in [5.74, 6) is -2.54. The minimum absolute atomic E-state index is 0.0569. The van der Waals surface area contributed by atoms with E-state index >= 15 is 8.78 Å². The lowest BCUT2D eigenvalue weighted by atomic mass is 9.68. The monoisotopic (exact) mass is 632 g/mol. The predicted octanol–water partition coefficient (Wildman–Crippen LogP) is 10.3. The molecule has 4 heterocycles. The molecule has 0 amide bonds. The fourth-order valence-electron chi connectivity index (χ4n) is 6.43. The maximum Gasteiger partial charge on any atom is 0.224 e. The van der Waals surface area contributed by atoms with Crippen LogP contribution in [0.3, 0.4) is 0 Å². The lowest BCUT2D eigenvalue weighted by Crippen LogP contribution is -2.33. The van der Waals surface area contributed by atoms with Crippen molar-refractivity contribution < 1.29 is 13.2 Å². The fraction of sp³-hybridized carbons (Fsp3) is 0.158. The molecule has 0 unspecified atom stereocenters. The maximum absolute atomic E-state index is 15.3. The second kappa shape index (κ2) is 12.5. The third kappa shape index (κ3) is 5.79. The number of halogens is 4. The van der Waals surface area contributed by atoms with Crippen LogP contribution in [0.15, 0.2) is 109 Å². The molecule has 0 bridgehead atoms. The Hall–Kier alpha value is -4.88. The van der Waals surface area contributed by atoms with Crippen molar-refractivity contribution in [1.29, 1.82) is 0 Å². The number of hydrogen-bond donors (Lipinski definition) is 0. The van der Waals surface area contributed by atoms with Gasteiger partial charge in [-0.25, -0.2) is 4.98 Å². The molecule has 8 heteroatoms. The molecule has 4 aromatic heterocycles. The average molecular weight is 633 g/mol. The summed E-state index contributed by atoms with van der Waals surface area (Å²) in [6.45, 7) is 0. The van der Waals surface area contributed by atoms with Crippen molar-refractivity contribution in [1.82, 2.24) is 19.9 Å². The number of aromatic nitrogens is 4. The Labute approximate surface area is 270 Å². The van der Waals surface area contributed by atoms with Gasteiger partial charge in [-0.2, -0.15) is 18.2 Å². The summed E-state index contributed by atoms with van der Waals surface area (Å²) in [5, 5.41) is 0.0569. The summed E-state index contributed by atoms with van der Waals surface area (Å²) < 4.78 is 44.3. The molecule has 1 aliphatic rings. The molecule has 0 spiro atoms. The van der Waals surface area contributed by atoms with E-state index in [9.17, 15) is 4.39 Å². The summed E-state index contributed by atoms with van der Waals surface area (Å²) in [5.41, 5.74) is 5.46. The highest BCUT2D eigenvalue weighted by atomic mass is 35.5. The Kier molecular flexibility index (Phi) is 8.09. The van der Waals surface area contributed by atoms with Crippen molar-refractivity contribution in [2.24, 2.45) is 0 Å².